The molecule has 168 valence electrons. The Hall–Kier alpha value is -3.27. The lowest BCUT2D eigenvalue weighted by Gasteiger charge is -2.49. The van der Waals surface area contributed by atoms with Gasteiger partial charge in [-0.15, -0.1) is 22.0 Å². The van der Waals surface area contributed by atoms with Crippen molar-refractivity contribution in [2.45, 2.75) is 11.4 Å². The van der Waals surface area contributed by atoms with Crippen LogP contribution in [0.2, 0.25) is 0 Å². The largest absolute Gasteiger partial charge is 0.477 e. The maximum Gasteiger partial charge on any atom is 0.353 e. The summed E-state index contributed by atoms with van der Waals surface area (Å²) < 4.78 is 67.7. The maximum atomic E-state index is 13.9. The minimum atomic E-state index is -2.44. The number of amides is 2. The van der Waals surface area contributed by atoms with Gasteiger partial charge in [0.1, 0.15) is 27.7 Å². The molecule has 0 saturated carbocycles. The predicted octanol–water partition coefficient (Wildman–Crippen LogP) is 1.33. The normalized spacial score (nSPS) is 20.2. The van der Waals surface area contributed by atoms with Crippen LogP contribution in [0.4, 0.5) is 27.1 Å². The van der Waals surface area contributed by atoms with Gasteiger partial charge >= 0.3 is 5.97 Å². The number of fused-ring (bicyclic) bond motifs is 1. The summed E-state index contributed by atoms with van der Waals surface area (Å²) in [5.41, 5.74) is 3.44. The van der Waals surface area contributed by atoms with Gasteiger partial charge in [0.2, 0.25) is 10.9 Å². The number of β-lactam (4-membered cyclic amide) rings is 1. The van der Waals surface area contributed by atoms with Gasteiger partial charge in [0.05, 0.1) is 0 Å². The highest BCUT2D eigenvalue weighted by Gasteiger charge is 2.55. The second kappa shape index (κ2) is 7.70. The van der Waals surface area contributed by atoms with E-state index in [9.17, 15) is 41.4 Å². The second-order valence-electron chi connectivity index (χ2n) is 6.38. The van der Waals surface area contributed by atoms with E-state index in [1.165, 1.54) is 0 Å². The third-order valence-electron chi connectivity index (χ3n) is 4.59. The molecule has 0 bridgehead atoms. The van der Waals surface area contributed by atoms with E-state index in [-0.39, 0.29) is 21.5 Å². The molecule has 1 aromatic carbocycles. The summed E-state index contributed by atoms with van der Waals surface area (Å²) in [6.45, 7) is 0. The number of anilines is 1. The number of hydrogen-bond acceptors (Lipinski definition) is 8. The number of aliphatic carboxylic acids is 1. The number of benzene rings is 1. The van der Waals surface area contributed by atoms with Gasteiger partial charge in [0, 0.05) is 11.3 Å². The molecule has 2 atom stereocenters. The molecule has 3 heterocycles. The number of hydrogen-bond donors (Lipinski definition) is 3. The standard InChI is InChI=1S/C16H8F5N5O4S2/c17-4-3(5(18)7(20)8(21)6(4)19)11(27)23-9-13(28)26-10(15(29)30)2(1-31-14(9)26)12-24-25-16(22)32-12/h9,14H,1H2,(H2,22,25)(H,23,27)(H,29,30)/t9-,14-/m1/s1. The summed E-state index contributed by atoms with van der Waals surface area (Å²) in [4.78, 5) is 37.4. The first-order valence-electron chi connectivity index (χ1n) is 8.37. The van der Waals surface area contributed by atoms with E-state index in [2.05, 4.69) is 10.2 Å². The van der Waals surface area contributed by atoms with Crippen LogP contribution in [0.5, 0.6) is 0 Å². The van der Waals surface area contributed by atoms with Gasteiger partial charge in [-0.2, -0.15) is 0 Å². The summed E-state index contributed by atoms with van der Waals surface area (Å²) >= 11 is 1.87. The van der Waals surface area contributed by atoms with Crippen LogP contribution >= 0.6 is 23.1 Å². The lowest BCUT2D eigenvalue weighted by atomic mass is 10.0. The number of nitrogens with zero attached hydrogens (tertiary/aromatic N) is 3. The third kappa shape index (κ3) is 3.17. The number of carboxylic acids is 1. The van der Waals surface area contributed by atoms with Gasteiger partial charge in [-0.05, 0) is 0 Å². The number of rotatable bonds is 4. The molecule has 32 heavy (non-hydrogen) atoms. The molecule has 1 saturated heterocycles. The molecule has 0 aliphatic carbocycles. The van der Waals surface area contributed by atoms with Crippen molar-refractivity contribution in [1.29, 1.82) is 0 Å². The SMILES string of the molecule is Nc1nnc(C2=C(C(=O)O)N3C(=O)[C@@H](NC(=O)c4c(F)c(F)c(F)c(F)c4F)[C@H]3SC2)s1. The van der Waals surface area contributed by atoms with Crippen molar-refractivity contribution in [2.75, 3.05) is 11.5 Å². The van der Waals surface area contributed by atoms with Crippen LogP contribution in [0.1, 0.15) is 15.4 Å². The number of carboxylic acid groups (broad SMARTS) is 1. The number of carbonyl (C=O) groups is 3. The molecule has 4 rings (SSSR count). The number of halogens is 5. The van der Waals surface area contributed by atoms with Gasteiger partial charge in [0.25, 0.3) is 11.8 Å². The Kier molecular flexibility index (Phi) is 5.28. The third-order valence-corrected chi connectivity index (χ3v) is 6.69. The van der Waals surface area contributed by atoms with Crippen LogP contribution in [0, 0.1) is 29.1 Å². The Morgan fingerprint density at radius 3 is 2.19 bits per heavy atom. The minimum Gasteiger partial charge on any atom is -0.477 e. The topological polar surface area (TPSA) is 139 Å². The van der Waals surface area contributed by atoms with Crippen molar-refractivity contribution in [2.24, 2.45) is 0 Å². The van der Waals surface area contributed by atoms with Crippen molar-refractivity contribution in [3.63, 3.8) is 0 Å². The van der Waals surface area contributed by atoms with E-state index in [0.717, 1.165) is 28.0 Å². The smallest absolute Gasteiger partial charge is 0.353 e. The fourth-order valence-corrected chi connectivity index (χ4v) is 5.25. The van der Waals surface area contributed by atoms with Crippen LogP contribution in [0.15, 0.2) is 5.70 Å². The van der Waals surface area contributed by atoms with Crippen molar-refractivity contribution >= 4 is 51.6 Å². The zero-order chi connectivity index (χ0) is 23.5. The fraction of sp³-hybridized carbons (Fsp3) is 0.188. The summed E-state index contributed by atoms with van der Waals surface area (Å²) in [5.74, 6) is -16.0. The van der Waals surface area contributed by atoms with Crippen molar-refractivity contribution in [1.82, 2.24) is 20.4 Å². The summed E-state index contributed by atoms with van der Waals surface area (Å²) in [7, 11) is 0. The number of nitrogens with two attached hydrogens (primary N) is 1. The van der Waals surface area contributed by atoms with Crippen molar-refractivity contribution in [3.05, 3.63) is 45.4 Å². The molecule has 2 amide bonds. The number of carbonyl (C=O) groups excluding carboxylic acids is 2. The minimum absolute atomic E-state index is 0.000386. The van der Waals surface area contributed by atoms with Crippen LogP contribution in [-0.2, 0) is 9.59 Å². The zero-order valence-electron chi connectivity index (χ0n) is 15.2. The first-order valence-corrected chi connectivity index (χ1v) is 10.2. The summed E-state index contributed by atoms with van der Waals surface area (Å²) in [6.07, 6.45) is 0. The van der Waals surface area contributed by atoms with Crippen molar-refractivity contribution < 1.29 is 41.4 Å². The molecule has 0 unspecified atom stereocenters. The molecule has 2 aliphatic heterocycles. The Bertz CT molecular complexity index is 1210. The highest BCUT2D eigenvalue weighted by Crippen LogP contribution is 2.44. The zero-order valence-corrected chi connectivity index (χ0v) is 16.8. The van der Waals surface area contributed by atoms with Gasteiger partial charge in [-0.3, -0.25) is 14.5 Å². The quantitative estimate of drug-likeness (QED) is 0.251. The van der Waals surface area contributed by atoms with Gasteiger partial charge in [0.15, 0.2) is 23.3 Å². The number of nitrogens with one attached hydrogen (secondary N) is 1. The first kappa shape index (κ1) is 21.9. The molecule has 16 heteroatoms. The monoisotopic (exact) mass is 493 g/mol. The number of nitrogen functional groups attached to an aromatic ring is 1. The maximum absolute atomic E-state index is 13.9. The number of thioether (sulfide) groups is 1. The van der Waals surface area contributed by atoms with E-state index in [1.807, 2.05) is 5.32 Å². The van der Waals surface area contributed by atoms with E-state index >= 15 is 0 Å². The second-order valence-corrected chi connectivity index (χ2v) is 8.50. The van der Waals surface area contributed by atoms with Crippen LogP contribution in [-0.4, -0.2) is 55.2 Å². The highest BCUT2D eigenvalue weighted by atomic mass is 32.2. The molecule has 4 N–H and O–H groups in total. The lowest BCUT2D eigenvalue weighted by molar-refractivity contribution is -0.148. The van der Waals surface area contributed by atoms with Crippen LogP contribution in [0.25, 0.3) is 5.57 Å². The Labute approximate surface area is 182 Å². The molecule has 0 spiro atoms. The first-order chi connectivity index (χ1) is 15.0. The molecular weight excluding hydrogens is 485 g/mol. The van der Waals surface area contributed by atoms with E-state index in [0.29, 0.717) is 0 Å². The molecule has 2 aliphatic rings. The molecule has 1 aromatic heterocycles. The molecule has 0 radical (unpaired) electrons. The Balaban J connectivity index is 1.63. The average molecular weight is 493 g/mol. The van der Waals surface area contributed by atoms with Crippen LogP contribution in [0.3, 0.4) is 0 Å². The number of aromatic nitrogens is 2. The van der Waals surface area contributed by atoms with Gasteiger partial charge in [-0.1, -0.05) is 11.3 Å². The fourth-order valence-electron chi connectivity index (χ4n) is 3.16. The molecule has 9 nitrogen and oxygen atoms in total. The van der Waals surface area contributed by atoms with Gasteiger partial charge < -0.3 is 16.2 Å². The van der Waals surface area contributed by atoms with E-state index in [4.69, 9.17) is 5.73 Å². The van der Waals surface area contributed by atoms with E-state index < -0.39 is 69.5 Å². The summed E-state index contributed by atoms with van der Waals surface area (Å²) in [5, 5.41) is 18.0. The Morgan fingerprint density at radius 2 is 1.66 bits per heavy atom. The average Bonchev–Trinajstić information content (AvgIpc) is 3.19. The Morgan fingerprint density at radius 1 is 1.06 bits per heavy atom. The lowest BCUT2D eigenvalue weighted by Crippen LogP contribution is -2.70. The molecular formula is C16H8F5N5O4S2. The summed E-state index contributed by atoms with van der Waals surface area (Å²) in [6, 6.07) is -1.47. The highest BCUT2D eigenvalue weighted by molar-refractivity contribution is 8.00. The molecule has 1 fully saturated rings. The molecule has 2 aromatic rings. The van der Waals surface area contributed by atoms with Crippen LogP contribution < -0.4 is 11.1 Å². The predicted molar refractivity (Wildman–Crippen MR) is 99.5 cm³/mol. The van der Waals surface area contributed by atoms with E-state index in [1.54, 1.807) is 0 Å². The van der Waals surface area contributed by atoms with Crippen molar-refractivity contribution in [3.8, 4) is 0 Å². The van der Waals surface area contributed by atoms with Gasteiger partial charge in [-0.25, -0.2) is 26.7 Å².